The molecular weight excluding hydrogens is 446 g/mol. The van der Waals surface area contributed by atoms with Crippen LogP contribution in [-0.2, 0) is 4.79 Å². The van der Waals surface area contributed by atoms with E-state index in [1.165, 1.54) is 23.1 Å². The van der Waals surface area contributed by atoms with Crippen LogP contribution in [0.25, 0.3) is 11.3 Å². The van der Waals surface area contributed by atoms with Gasteiger partial charge in [-0.2, -0.15) is 0 Å². The van der Waals surface area contributed by atoms with E-state index in [4.69, 9.17) is 9.47 Å². The molecule has 0 saturated heterocycles. The van der Waals surface area contributed by atoms with Gasteiger partial charge in [-0.15, -0.1) is 23.1 Å². The summed E-state index contributed by atoms with van der Waals surface area (Å²) in [5.41, 5.74) is 1.94. The lowest BCUT2D eigenvalue weighted by Crippen LogP contribution is -2.31. The van der Waals surface area contributed by atoms with Crippen LogP contribution in [0.2, 0.25) is 0 Å². The van der Waals surface area contributed by atoms with E-state index in [-0.39, 0.29) is 23.6 Å². The van der Waals surface area contributed by atoms with Crippen molar-refractivity contribution in [3.05, 3.63) is 53.4 Å². The molecule has 1 aromatic heterocycles. The molecule has 7 nitrogen and oxygen atoms in total. The van der Waals surface area contributed by atoms with Crippen LogP contribution in [0.4, 0.5) is 5.13 Å². The molecule has 2 amide bonds. The lowest BCUT2D eigenvalue weighted by atomic mass is 10.1. The van der Waals surface area contributed by atoms with E-state index >= 15 is 0 Å². The summed E-state index contributed by atoms with van der Waals surface area (Å²) >= 11 is 2.65. The van der Waals surface area contributed by atoms with Gasteiger partial charge >= 0.3 is 0 Å². The number of amides is 2. The van der Waals surface area contributed by atoms with Crippen molar-refractivity contribution in [2.45, 2.75) is 24.8 Å². The summed E-state index contributed by atoms with van der Waals surface area (Å²) in [7, 11) is 3.19. The zero-order chi connectivity index (χ0) is 23.1. The molecule has 0 spiro atoms. The maximum Gasteiger partial charge on any atom is 0.258 e. The Labute approximate surface area is 195 Å². The number of carbonyl (C=O) groups is 2. The number of nitrogens with one attached hydrogen (secondary N) is 2. The van der Waals surface area contributed by atoms with Crippen LogP contribution in [0.15, 0.2) is 52.7 Å². The van der Waals surface area contributed by atoms with Crippen LogP contribution in [0, 0.1) is 0 Å². The highest BCUT2D eigenvalue weighted by atomic mass is 32.2. The first-order valence-electron chi connectivity index (χ1n) is 9.91. The molecule has 0 fully saturated rings. The first kappa shape index (κ1) is 23.6. The lowest BCUT2D eigenvalue weighted by Gasteiger charge is -2.10. The van der Waals surface area contributed by atoms with Gasteiger partial charge in [0.2, 0.25) is 5.91 Å². The summed E-state index contributed by atoms with van der Waals surface area (Å²) in [6.07, 6.45) is 0. The number of nitrogens with zero attached hydrogens (tertiary/aromatic N) is 1. The van der Waals surface area contributed by atoms with Gasteiger partial charge in [-0.1, -0.05) is 12.1 Å². The molecule has 0 bridgehead atoms. The van der Waals surface area contributed by atoms with Crippen LogP contribution < -0.4 is 20.1 Å². The zero-order valence-corrected chi connectivity index (χ0v) is 19.9. The molecule has 32 heavy (non-hydrogen) atoms. The minimum atomic E-state index is -0.282. The third kappa shape index (κ3) is 6.02. The van der Waals surface area contributed by atoms with Crippen LogP contribution >= 0.6 is 23.1 Å². The number of benzene rings is 2. The quantitative estimate of drug-likeness (QED) is 0.440. The van der Waals surface area contributed by atoms with Gasteiger partial charge in [0.05, 0.1) is 31.2 Å². The maximum absolute atomic E-state index is 12.9. The Morgan fingerprint density at radius 3 is 2.62 bits per heavy atom. The van der Waals surface area contributed by atoms with Crippen LogP contribution in [0.3, 0.4) is 0 Å². The molecule has 3 aromatic rings. The number of anilines is 1. The van der Waals surface area contributed by atoms with Crippen LogP contribution in [-0.4, -0.2) is 42.8 Å². The topological polar surface area (TPSA) is 89.5 Å². The van der Waals surface area contributed by atoms with Gasteiger partial charge in [-0.05, 0) is 44.2 Å². The Hall–Kier alpha value is -3.04. The number of ether oxygens (including phenoxy) is 2. The van der Waals surface area contributed by atoms with Crippen molar-refractivity contribution in [3.63, 3.8) is 0 Å². The summed E-state index contributed by atoms with van der Waals surface area (Å²) in [6.45, 7) is 3.82. The number of hydrogen-bond acceptors (Lipinski definition) is 7. The van der Waals surface area contributed by atoms with Crippen molar-refractivity contribution in [1.82, 2.24) is 10.3 Å². The van der Waals surface area contributed by atoms with Gasteiger partial charge in [0.15, 0.2) is 5.13 Å². The fourth-order valence-corrected chi connectivity index (χ4v) is 4.49. The molecule has 0 saturated carbocycles. The highest BCUT2D eigenvalue weighted by molar-refractivity contribution is 8.00. The summed E-state index contributed by atoms with van der Waals surface area (Å²) in [6, 6.07) is 12.7. The van der Waals surface area contributed by atoms with Gasteiger partial charge in [0.1, 0.15) is 11.5 Å². The molecule has 9 heteroatoms. The third-order valence-electron chi connectivity index (χ3n) is 4.35. The molecule has 2 aromatic carbocycles. The minimum absolute atomic E-state index is 0.0722. The van der Waals surface area contributed by atoms with E-state index in [9.17, 15) is 9.59 Å². The van der Waals surface area contributed by atoms with E-state index in [0.717, 1.165) is 10.5 Å². The molecule has 0 atom stereocenters. The van der Waals surface area contributed by atoms with Gasteiger partial charge in [0, 0.05) is 21.9 Å². The van der Waals surface area contributed by atoms with E-state index < -0.39 is 0 Å². The number of rotatable bonds is 9. The Balaban J connectivity index is 1.74. The second-order valence-corrected chi connectivity index (χ2v) is 8.94. The van der Waals surface area contributed by atoms with Crippen LogP contribution in [0.1, 0.15) is 24.2 Å². The molecule has 0 aliphatic carbocycles. The lowest BCUT2D eigenvalue weighted by molar-refractivity contribution is -0.119. The van der Waals surface area contributed by atoms with E-state index in [2.05, 4.69) is 15.6 Å². The second kappa shape index (κ2) is 11.0. The Morgan fingerprint density at radius 1 is 1.12 bits per heavy atom. The zero-order valence-electron chi connectivity index (χ0n) is 18.3. The predicted molar refractivity (Wildman–Crippen MR) is 129 cm³/mol. The summed E-state index contributed by atoms with van der Waals surface area (Å²) in [4.78, 5) is 30.2. The molecule has 168 valence electrons. The number of thioether (sulfide) groups is 1. The molecule has 0 radical (unpaired) electrons. The van der Waals surface area contributed by atoms with Crippen molar-refractivity contribution in [3.8, 4) is 22.8 Å². The SMILES string of the molecule is COc1ccc(OC)c(-c2csc(NC(=O)c3ccccc3SCC(=O)NC(C)C)n2)c1. The molecule has 0 aliphatic heterocycles. The smallest absolute Gasteiger partial charge is 0.258 e. The van der Waals surface area contributed by atoms with Crippen molar-refractivity contribution in [2.24, 2.45) is 0 Å². The normalized spacial score (nSPS) is 10.7. The summed E-state index contributed by atoms with van der Waals surface area (Å²) in [5, 5.41) is 8.02. The van der Waals surface area contributed by atoms with Crippen molar-refractivity contribution in [1.29, 1.82) is 0 Å². The number of thiazole rings is 1. The molecule has 3 rings (SSSR count). The molecular formula is C23H25N3O4S2. The summed E-state index contributed by atoms with van der Waals surface area (Å²) < 4.78 is 10.7. The van der Waals surface area contributed by atoms with E-state index in [1.54, 1.807) is 26.4 Å². The molecule has 0 unspecified atom stereocenters. The van der Waals surface area contributed by atoms with Crippen molar-refractivity contribution in [2.75, 3.05) is 25.3 Å². The largest absolute Gasteiger partial charge is 0.497 e. The van der Waals surface area contributed by atoms with Crippen molar-refractivity contribution < 1.29 is 19.1 Å². The minimum Gasteiger partial charge on any atom is -0.497 e. The Kier molecular flexibility index (Phi) is 8.13. The Morgan fingerprint density at radius 2 is 1.91 bits per heavy atom. The number of hydrogen-bond donors (Lipinski definition) is 2. The van der Waals surface area contributed by atoms with Crippen molar-refractivity contribution >= 4 is 40.0 Å². The fourth-order valence-electron chi connectivity index (χ4n) is 2.92. The predicted octanol–water partition coefficient (Wildman–Crippen LogP) is 4.70. The fraction of sp³-hybridized carbons (Fsp3) is 0.261. The second-order valence-electron chi connectivity index (χ2n) is 7.07. The van der Waals surface area contributed by atoms with Crippen LogP contribution in [0.5, 0.6) is 11.5 Å². The first-order chi connectivity index (χ1) is 15.4. The molecule has 1 heterocycles. The highest BCUT2D eigenvalue weighted by Crippen LogP contribution is 2.35. The summed E-state index contributed by atoms with van der Waals surface area (Å²) in [5.74, 6) is 1.23. The standard InChI is InChI=1S/C23H25N3O4S2/c1-14(2)24-21(27)13-31-20-8-6-5-7-16(20)22(28)26-23-25-18(12-32-23)17-11-15(29-3)9-10-19(17)30-4/h5-12,14H,13H2,1-4H3,(H,24,27)(H,25,26,28). The average Bonchev–Trinajstić information content (AvgIpc) is 3.25. The number of aromatic nitrogens is 1. The number of methoxy groups -OCH3 is 2. The highest BCUT2D eigenvalue weighted by Gasteiger charge is 2.16. The van der Waals surface area contributed by atoms with Gasteiger partial charge in [-0.3, -0.25) is 14.9 Å². The Bertz CT molecular complexity index is 1100. The van der Waals surface area contributed by atoms with Gasteiger partial charge in [0.25, 0.3) is 5.91 Å². The monoisotopic (exact) mass is 471 g/mol. The van der Waals surface area contributed by atoms with E-state index in [1.807, 2.05) is 49.6 Å². The third-order valence-corrected chi connectivity index (χ3v) is 6.18. The molecule has 2 N–H and O–H groups in total. The van der Waals surface area contributed by atoms with Gasteiger partial charge in [-0.25, -0.2) is 4.98 Å². The average molecular weight is 472 g/mol. The first-order valence-corrected chi connectivity index (χ1v) is 11.8. The maximum atomic E-state index is 12.9. The number of carbonyl (C=O) groups excluding carboxylic acids is 2. The van der Waals surface area contributed by atoms with E-state index in [0.29, 0.717) is 27.9 Å². The van der Waals surface area contributed by atoms with Gasteiger partial charge < -0.3 is 14.8 Å². The molecule has 0 aliphatic rings.